The molecule has 0 amide bonds. The number of para-hydroxylation sites is 3. The molecule has 0 aliphatic rings. The highest BCUT2D eigenvalue weighted by atomic mass is 16.5. The van der Waals surface area contributed by atoms with Crippen LogP contribution in [0, 0.1) is 0 Å². The molecule has 0 fully saturated rings. The van der Waals surface area contributed by atoms with Crippen molar-refractivity contribution in [1.29, 1.82) is 0 Å². The van der Waals surface area contributed by atoms with Gasteiger partial charge >= 0.3 is 5.97 Å². The topological polar surface area (TPSA) is 70.4 Å². The molecule has 0 N–H and O–H groups in total. The molecular formula is C23H26N2O4. The van der Waals surface area contributed by atoms with E-state index in [0.29, 0.717) is 18.0 Å². The Morgan fingerprint density at radius 3 is 2.66 bits per heavy atom. The molecule has 152 valence electrons. The van der Waals surface area contributed by atoms with Gasteiger partial charge in [-0.05, 0) is 24.6 Å². The summed E-state index contributed by atoms with van der Waals surface area (Å²) in [6.45, 7) is 2.87. The van der Waals surface area contributed by atoms with Gasteiger partial charge in [0.25, 0.3) is 5.56 Å². The molecule has 0 bridgehead atoms. The number of rotatable bonds is 9. The molecule has 2 aromatic carbocycles. The summed E-state index contributed by atoms with van der Waals surface area (Å²) in [4.78, 5) is 29.6. The van der Waals surface area contributed by atoms with Crippen molar-refractivity contribution < 1.29 is 14.3 Å². The summed E-state index contributed by atoms with van der Waals surface area (Å²) < 4.78 is 12.4. The van der Waals surface area contributed by atoms with Gasteiger partial charge in [-0.2, -0.15) is 0 Å². The third-order valence-electron chi connectivity index (χ3n) is 4.80. The summed E-state index contributed by atoms with van der Waals surface area (Å²) in [6, 6.07) is 15.0. The van der Waals surface area contributed by atoms with E-state index in [4.69, 9.17) is 9.47 Å². The number of carbonyl (C=O) groups excluding carboxylic acids is 1. The number of fused-ring (bicyclic) bond motifs is 1. The second-order valence-electron chi connectivity index (χ2n) is 6.83. The lowest BCUT2D eigenvalue weighted by Crippen LogP contribution is -2.26. The second-order valence-corrected chi connectivity index (χ2v) is 6.83. The Kier molecular flexibility index (Phi) is 7.00. The molecule has 1 aromatic heterocycles. The van der Waals surface area contributed by atoms with E-state index in [-0.39, 0.29) is 31.0 Å². The Hall–Kier alpha value is -3.15. The Bertz CT molecular complexity index is 1040. The van der Waals surface area contributed by atoms with Crippen LogP contribution in [0.15, 0.2) is 53.3 Å². The van der Waals surface area contributed by atoms with Crippen molar-refractivity contribution in [2.24, 2.45) is 0 Å². The lowest BCUT2D eigenvalue weighted by molar-refractivity contribution is -0.144. The predicted octanol–water partition coefficient (Wildman–Crippen LogP) is 3.88. The quantitative estimate of drug-likeness (QED) is 0.515. The molecule has 0 spiro atoms. The highest BCUT2D eigenvalue weighted by molar-refractivity contribution is 5.75. The van der Waals surface area contributed by atoms with Crippen LogP contribution >= 0.6 is 0 Å². The number of benzene rings is 2. The second kappa shape index (κ2) is 9.87. The van der Waals surface area contributed by atoms with Crippen LogP contribution in [-0.4, -0.2) is 22.6 Å². The van der Waals surface area contributed by atoms with Crippen LogP contribution in [0.5, 0.6) is 5.75 Å². The number of esters is 1. The third kappa shape index (κ3) is 5.02. The molecule has 0 aliphatic carbocycles. The standard InChI is InChI=1S/C23H26N2O4/c1-3-4-15-25-20-11-7-6-10-18(20)24-19(23(25)27)13-14-22(26)29-16-17-9-5-8-12-21(17)28-2/h5-12H,3-4,13-16H2,1-2H3. The molecule has 0 radical (unpaired) electrons. The largest absolute Gasteiger partial charge is 0.496 e. The summed E-state index contributed by atoms with van der Waals surface area (Å²) in [5.41, 5.74) is 2.66. The number of hydrogen-bond donors (Lipinski definition) is 0. The summed E-state index contributed by atoms with van der Waals surface area (Å²) in [5.74, 6) is 0.306. The minimum atomic E-state index is -0.370. The first-order chi connectivity index (χ1) is 14.1. The number of nitrogens with zero attached hydrogens (tertiary/aromatic N) is 2. The van der Waals surface area contributed by atoms with Crippen LogP contribution in [0.4, 0.5) is 0 Å². The fraction of sp³-hybridized carbons (Fsp3) is 0.348. The Balaban J connectivity index is 1.70. The van der Waals surface area contributed by atoms with Gasteiger partial charge in [-0.25, -0.2) is 4.98 Å². The number of unbranched alkanes of at least 4 members (excludes halogenated alkanes) is 1. The Morgan fingerprint density at radius 2 is 1.86 bits per heavy atom. The fourth-order valence-corrected chi connectivity index (χ4v) is 3.22. The van der Waals surface area contributed by atoms with Gasteiger partial charge in [0.2, 0.25) is 0 Å². The number of carbonyl (C=O) groups is 1. The lowest BCUT2D eigenvalue weighted by Gasteiger charge is -2.12. The van der Waals surface area contributed by atoms with Crippen molar-refractivity contribution in [1.82, 2.24) is 9.55 Å². The fourth-order valence-electron chi connectivity index (χ4n) is 3.22. The van der Waals surface area contributed by atoms with Crippen LogP contribution in [-0.2, 0) is 29.1 Å². The highest BCUT2D eigenvalue weighted by Crippen LogP contribution is 2.18. The molecule has 0 saturated heterocycles. The average Bonchev–Trinajstić information content (AvgIpc) is 2.76. The summed E-state index contributed by atoms with van der Waals surface area (Å²) in [5, 5.41) is 0. The smallest absolute Gasteiger partial charge is 0.306 e. The number of methoxy groups -OCH3 is 1. The van der Waals surface area contributed by atoms with Gasteiger partial charge in [0.05, 0.1) is 24.6 Å². The van der Waals surface area contributed by atoms with Crippen LogP contribution in [0.1, 0.15) is 37.4 Å². The van der Waals surface area contributed by atoms with E-state index in [1.54, 1.807) is 11.7 Å². The first-order valence-corrected chi connectivity index (χ1v) is 9.90. The van der Waals surface area contributed by atoms with E-state index in [1.807, 2.05) is 48.5 Å². The van der Waals surface area contributed by atoms with E-state index < -0.39 is 0 Å². The Morgan fingerprint density at radius 1 is 1.10 bits per heavy atom. The van der Waals surface area contributed by atoms with Gasteiger partial charge in [0, 0.05) is 18.5 Å². The Labute approximate surface area is 170 Å². The molecule has 0 atom stereocenters. The number of hydrogen-bond acceptors (Lipinski definition) is 5. The first kappa shape index (κ1) is 20.6. The minimum Gasteiger partial charge on any atom is -0.496 e. The van der Waals surface area contributed by atoms with Crippen molar-refractivity contribution in [3.63, 3.8) is 0 Å². The van der Waals surface area contributed by atoms with Crippen molar-refractivity contribution in [3.05, 3.63) is 70.1 Å². The number of aromatic nitrogens is 2. The van der Waals surface area contributed by atoms with Gasteiger partial charge in [-0.15, -0.1) is 0 Å². The van der Waals surface area contributed by atoms with Crippen molar-refractivity contribution >= 4 is 17.0 Å². The van der Waals surface area contributed by atoms with Gasteiger partial charge in [-0.1, -0.05) is 43.7 Å². The predicted molar refractivity (Wildman–Crippen MR) is 112 cm³/mol. The molecule has 1 heterocycles. The summed E-state index contributed by atoms with van der Waals surface area (Å²) in [6.07, 6.45) is 2.26. The van der Waals surface area contributed by atoms with Crippen molar-refractivity contribution in [3.8, 4) is 5.75 Å². The van der Waals surface area contributed by atoms with Crippen LogP contribution in [0.3, 0.4) is 0 Å². The molecule has 3 aromatic rings. The van der Waals surface area contributed by atoms with Crippen LogP contribution < -0.4 is 10.3 Å². The maximum atomic E-state index is 12.9. The van der Waals surface area contributed by atoms with E-state index in [0.717, 1.165) is 29.4 Å². The van der Waals surface area contributed by atoms with E-state index >= 15 is 0 Å². The summed E-state index contributed by atoms with van der Waals surface area (Å²) >= 11 is 0. The summed E-state index contributed by atoms with van der Waals surface area (Å²) in [7, 11) is 1.58. The normalized spacial score (nSPS) is 10.8. The number of ether oxygens (including phenoxy) is 2. The van der Waals surface area contributed by atoms with Gasteiger partial charge < -0.3 is 14.0 Å². The maximum absolute atomic E-state index is 12.9. The first-order valence-electron chi connectivity index (χ1n) is 9.90. The van der Waals surface area contributed by atoms with Crippen molar-refractivity contribution in [2.75, 3.05) is 7.11 Å². The molecule has 29 heavy (non-hydrogen) atoms. The zero-order chi connectivity index (χ0) is 20.6. The maximum Gasteiger partial charge on any atom is 0.306 e. The monoisotopic (exact) mass is 394 g/mol. The molecule has 6 nitrogen and oxygen atoms in total. The lowest BCUT2D eigenvalue weighted by atomic mass is 10.2. The molecular weight excluding hydrogens is 368 g/mol. The molecule has 3 rings (SSSR count). The van der Waals surface area contributed by atoms with Gasteiger partial charge in [0.15, 0.2) is 0 Å². The third-order valence-corrected chi connectivity index (χ3v) is 4.80. The zero-order valence-electron chi connectivity index (χ0n) is 16.9. The average molecular weight is 394 g/mol. The SMILES string of the molecule is CCCCn1c(=O)c(CCC(=O)OCc2ccccc2OC)nc2ccccc21. The minimum absolute atomic E-state index is 0.101. The molecule has 0 aliphatic heterocycles. The van der Waals surface area contributed by atoms with E-state index in [1.165, 1.54) is 0 Å². The molecule has 0 unspecified atom stereocenters. The molecule has 6 heteroatoms. The van der Waals surface area contributed by atoms with Gasteiger partial charge in [0.1, 0.15) is 18.1 Å². The zero-order valence-corrected chi connectivity index (χ0v) is 16.9. The highest BCUT2D eigenvalue weighted by Gasteiger charge is 2.13. The van der Waals surface area contributed by atoms with E-state index in [9.17, 15) is 9.59 Å². The number of aryl methyl sites for hydroxylation is 2. The van der Waals surface area contributed by atoms with Crippen molar-refractivity contribution in [2.45, 2.75) is 45.8 Å². The van der Waals surface area contributed by atoms with Crippen LogP contribution in [0.25, 0.3) is 11.0 Å². The van der Waals surface area contributed by atoms with E-state index in [2.05, 4.69) is 11.9 Å². The van der Waals surface area contributed by atoms with Crippen LogP contribution in [0.2, 0.25) is 0 Å². The molecule has 0 saturated carbocycles. The van der Waals surface area contributed by atoms with Gasteiger partial charge in [-0.3, -0.25) is 9.59 Å².